The molecule has 1 N–H and O–H groups in total. The van der Waals surface area contributed by atoms with E-state index in [9.17, 15) is 9.18 Å². The van der Waals surface area contributed by atoms with Gasteiger partial charge < -0.3 is 9.47 Å². The number of halogens is 2. The van der Waals surface area contributed by atoms with Crippen LogP contribution in [0.3, 0.4) is 0 Å². The number of carbonyl (C=O) groups excluding carboxylic acids is 1. The van der Waals surface area contributed by atoms with Gasteiger partial charge in [-0.2, -0.15) is 0 Å². The average Bonchev–Trinajstić information content (AvgIpc) is 3.01. The fourth-order valence-electron chi connectivity index (χ4n) is 2.42. The van der Waals surface area contributed by atoms with Crippen molar-refractivity contribution in [3.63, 3.8) is 0 Å². The summed E-state index contributed by atoms with van der Waals surface area (Å²) in [5, 5.41) is 3.45. The standard InChI is InChI=1S/C19H16ClFN2O3S/c1-3-26-15-9-11(8-13(20)18(15)25-2)4-7-17(24)23-19-22-14-6-5-12(21)10-16(14)27-19/h4-10H,3H2,1-2H3,(H,22,23,24)/b7-4+. The van der Waals surface area contributed by atoms with Crippen LogP contribution in [0.25, 0.3) is 16.3 Å². The lowest BCUT2D eigenvalue weighted by Gasteiger charge is -2.11. The lowest BCUT2D eigenvalue weighted by Crippen LogP contribution is -2.07. The number of hydrogen-bond acceptors (Lipinski definition) is 5. The number of ether oxygens (including phenoxy) is 2. The van der Waals surface area contributed by atoms with Crippen molar-refractivity contribution < 1.29 is 18.7 Å². The molecule has 0 aliphatic heterocycles. The molecule has 0 saturated heterocycles. The molecule has 1 aromatic heterocycles. The quantitative estimate of drug-likeness (QED) is 0.575. The highest BCUT2D eigenvalue weighted by Gasteiger charge is 2.11. The van der Waals surface area contributed by atoms with Gasteiger partial charge in [-0.25, -0.2) is 9.37 Å². The van der Waals surface area contributed by atoms with E-state index in [1.165, 1.54) is 36.7 Å². The third kappa shape index (κ3) is 4.56. The van der Waals surface area contributed by atoms with Gasteiger partial charge in [0, 0.05) is 6.08 Å². The minimum atomic E-state index is -0.362. The number of anilines is 1. The van der Waals surface area contributed by atoms with Crippen LogP contribution in [0.2, 0.25) is 5.02 Å². The Morgan fingerprint density at radius 3 is 2.93 bits per heavy atom. The number of methoxy groups -OCH3 is 1. The van der Waals surface area contributed by atoms with Crippen molar-refractivity contribution >= 4 is 50.3 Å². The van der Waals surface area contributed by atoms with E-state index >= 15 is 0 Å². The largest absolute Gasteiger partial charge is 0.491 e. The van der Waals surface area contributed by atoms with E-state index < -0.39 is 0 Å². The highest BCUT2D eigenvalue weighted by atomic mass is 35.5. The highest BCUT2D eigenvalue weighted by Crippen LogP contribution is 2.36. The Morgan fingerprint density at radius 1 is 1.37 bits per heavy atom. The van der Waals surface area contributed by atoms with Gasteiger partial charge in [-0.15, -0.1) is 0 Å². The molecule has 5 nitrogen and oxygen atoms in total. The second-order valence-corrected chi connectivity index (χ2v) is 6.86. The molecule has 1 amide bonds. The van der Waals surface area contributed by atoms with Crippen LogP contribution in [-0.4, -0.2) is 24.6 Å². The number of benzene rings is 2. The molecular formula is C19H16ClFN2O3S. The third-order valence-electron chi connectivity index (χ3n) is 3.54. The lowest BCUT2D eigenvalue weighted by atomic mass is 10.2. The predicted molar refractivity (Wildman–Crippen MR) is 106 cm³/mol. The number of amides is 1. The molecule has 0 unspecified atom stereocenters. The normalized spacial score (nSPS) is 11.1. The number of carbonyl (C=O) groups is 1. The van der Waals surface area contributed by atoms with Gasteiger partial charge in [0.1, 0.15) is 5.82 Å². The Kier molecular flexibility index (Phi) is 5.93. The van der Waals surface area contributed by atoms with Gasteiger partial charge in [0.25, 0.3) is 0 Å². The van der Waals surface area contributed by atoms with E-state index in [1.54, 1.807) is 24.3 Å². The molecule has 0 saturated carbocycles. The summed E-state index contributed by atoms with van der Waals surface area (Å²) in [4.78, 5) is 16.4. The first kappa shape index (κ1) is 19.1. The molecule has 0 aliphatic carbocycles. The van der Waals surface area contributed by atoms with Crippen LogP contribution in [0.5, 0.6) is 11.5 Å². The molecule has 3 aromatic rings. The van der Waals surface area contributed by atoms with Crippen LogP contribution in [0.1, 0.15) is 12.5 Å². The Hall–Kier alpha value is -2.64. The molecule has 0 atom stereocenters. The third-order valence-corrected chi connectivity index (χ3v) is 4.76. The molecule has 0 bridgehead atoms. The second kappa shape index (κ2) is 8.37. The van der Waals surface area contributed by atoms with Crippen LogP contribution < -0.4 is 14.8 Å². The molecule has 27 heavy (non-hydrogen) atoms. The summed E-state index contributed by atoms with van der Waals surface area (Å²) in [6.07, 6.45) is 2.97. The number of nitrogens with one attached hydrogen (secondary N) is 1. The monoisotopic (exact) mass is 406 g/mol. The molecule has 1 heterocycles. The lowest BCUT2D eigenvalue weighted by molar-refractivity contribution is -0.111. The van der Waals surface area contributed by atoms with Crippen LogP contribution in [0, 0.1) is 5.82 Å². The number of thiazole rings is 1. The molecule has 8 heteroatoms. The first-order chi connectivity index (χ1) is 13.0. The van der Waals surface area contributed by atoms with Crippen LogP contribution in [0.15, 0.2) is 36.4 Å². The van der Waals surface area contributed by atoms with Crippen LogP contribution in [0.4, 0.5) is 9.52 Å². The Bertz CT molecular complexity index is 1020. The van der Waals surface area contributed by atoms with Crippen molar-refractivity contribution in [3.8, 4) is 11.5 Å². The molecule has 0 aliphatic rings. The number of fused-ring (bicyclic) bond motifs is 1. The zero-order chi connectivity index (χ0) is 19.4. The molecular weight excluding hydrogens is 391 g/mol. The predicted octanol–water partition coefficient (Wildman–Crippen LogP) is 5.15. The summed E-state index contributed by atoms with van der Waals surface area (Å²) in [5.74, 6) is 0.243. The summed E-state index contributed by atoms with van der Waals surface area (Å²) in [7, 11) is 1.51. The van der Waals surface area contributed by atoms with Gasteiger partial charge in [0.2, 0.25) is 5.91 Å². The topological polar surface area (TPSA) is 60.5 Å². The van der Waals surface area contributed by atoms with Crippen molar-refractivity contribution in [2.75, 3.05) is 19.0 Å². The van der Waals surface area contributed by atoms with Gasteiger partial charge >= 0.3 is 0 Å². The SMILES string of the molecule is CCOc1cc(/C=C/C(=O)Nc2nc3ccc(F)cc3s2)cc(Cl)c1OC. The molecule has 3 rings (SSSR count). The second-order valence-electron chi connectivity index (χ2n) is 5.42. The average molecular weight is 407 g/mol. The van der Waals surface area contributed by atoms with Crippen molar-refractivity contribution in [3.05, 3.63) is 52.8 Å². The van der Waals surface area contributed by atoms with Gasteiger partial charge in [-0.3, -0.25) is 10.1 Å². The summed E-state index contributed by atoms with van der Waals surface area (Å²) >= 11 is 7.40. The first-order valence-corrected chi connectivity index (χ1v) is 9.25. The Balaban J connectivity index is 1.75. The summed E-state index contributed by atoms with van der Waals surface area (Å²) in [5.41, 5.74) is 1.31. The van der Waals surface area contributed by atoms with Gasteiger partial charge in [0.05, 0.1) is 29.0 Å². The maximum atomic E-state index is 13.2. The van der Waals surface area contributed by atoms with E-state index in [1.807, 2.05) is 6.92 Å². The maximum absolute atomic E-state index is 13.2. The summed E-state index contributed by atoms with van der Waals surface area (Å²) in [6, 6.07) is 7.69. The zero-order valence-electron chi connectivity index (χ0n) is 14.6. The van der Waals surface area contributed by atoms with Gasteiger partial charge in [-0.05, 0) is 48.9 Å². The van der Waals surface area contributed by atoms with Crippen LogP contribution >= 0.6 is 22.9 Å². The van der Waals surface area contributed by atoms with Gasteiger partial charge in [0.15, 0.2) is 16.6 Å². The zero-order valence-corrected chi connectivity index (χ0v) is 16.2. The number of rotatable bonds is 6. The molecule has 0 fully saturated rings. The van der Waals surface area contributed by atoms with Crippen molar-refractivity contribution in [1.29, 1.82) is 0 Å². The summed E-state index contributed by atoms with van der Waals surface area (Å²) in [6.45, 7) is 2.31. The van der Waals surface area contributed by atoms with E-state index in [0.717, 1.165) is 0 Å². The summed E-state index contributed by atoms with van der Waals surface area (Å²) < 4.78 is 24.6. The molecule has 0 radical (unpaired) electrons. The van der Waals surface area contributed by atoms with E-state index in [4.69, 9.17) is 21.1 Å². The highest BCUT2D eigenvalue weighted by molar-refractivity contribution is 7.22. The minimum Gasteiger partial charge on any atom is -0.491 e. The van der Waals surface area contributed by atoms with E-state index in [-0.39, 0.29) is 11.7 Å². The number of aromatic nitrogens is 1. The molecule has 140 valence electrons. The van der Waals surface area contributed by atoms with E-state index in [0.29, 0.717) is 44.0 Å². The smallest absolute Gasteiger partial charge is 0.250 e. The minimum absolute atomic E-state index is 0.342. The van der Waals surface area contributed by atoms with Crippen molar-refractivity contribution in [1.82, 2.24) is 4.98 Å². The molecule has 0 spiro atoms. The Labute approximate surface area is 164 Å². The maximum Gasteiger partial charge on any atom is 0.250 e. The Morgan fingerprint density at radius 2 is 2.19 bits per heavy atom. The van der Waals surface area contributed by atoms with E-state index in [2.05, 4.69) is 10.3 Å². The van der Waals surface area contributed by atoms with Gasteiger partial charge in [-0.1, -0.05) is 22.9 Å². The number of nitrogens with zero attached hydrogens (tertiary/aromatic N) is 1. The van der Waals surface area contributed by atoms with Crippen molar-refractivity contribution in [2.24, 2.45) is 0 Å². The number of hydrogen-bond donors (Lipinski definition) is 1. The fourth-order valence-corrected chi connectivity index (χ4v) is 3.61. The van der Waals surface area contributed by atoms with Crippen LogP contribution in [-0.2, 0) is 4.79 Å². The fraction of sp³-hybridized carbons (Fsp3) is 0.158. The first-order valence-electron chi connectivity index (χ1n) is 8.05. The van der Waals surface area contributed by atoms with Crippen molar-refractivity contribution in [2.45, 2.75) is 6.92 Å². The molecule has 2 aromatic carbocycles.